The summed E-state index contributed by atoms with van der Waals surface area (Å²) in [6, 6.07) is 4.82. The van der Waals surface area contributed by atoms with Gasteiger partial charge in [-0.05, 0) is 6.07 Å². The lowest BCUT2D eigenvalue weighted by molar-refractivity contribution is -0.384. The lowest BCUT2D eigenvalue weighted by atomic mass is 10.3. The van der Waals surface area contributed by atoms with Crippen molar-refractivity contribution in [3.05, 3.63) is 45.6 Å². The Kier molecular flexibility index (Phi) is 3.85. The summed E-state index contributed by atoms with van der Waals surface area (Å²) < 4.78 is 1.47. The smallest absolute Gasteiger partial charge is 0.306 e. The zero-order valence-corrected chi connectivity index (χ0v) is 11.1. The zero-order valence-electron chi connectivity index (χ0n) is 10.3. The molecule has 2 rings (SSSR count). The fourth-order valence-electron chi connectivity index (χ4n) is 1.49. The normalized spacial score (nSPS) is 10.1. The predicted octanol–water partition coefficient (Wildman–Crippen LogP) is 2.63. The Morgan fingerprint density at radius 1 is 1.40 bits per heavy atom. The number of nitrogens with one attached hydrogen (secondary N) is 2. The monoisotopic (exact) mass is 295 g/mol. The van der Waals surface area contributed by atoms with E-state index in [4.69, 9.17) is 11.6 Å². The van der Waals surface area contributed by atoms with E-state index in [1.807, 2.05) is 0 Å². The van der Waals surface area contributed by atoms with Crippen LogP contribution in [0.4, 0.5) is 22.0 Å². The molecule has 1 heterocycles. The first-order chi connectivity index (χ1) is 9.47. The van der Waals surface area contributed by atoms with Gasteiger partial charge in [-0.3, -0.25) is 20.1 Å². The summed E-state index contributed by atoms with van der Waals surface area (Å²) >= 11 is 5.88. The Bertz CT molecular complexity index is 670. The third-order valence-corrected chi connectivity index (χ3v) is 2.80. The molecule has 0 aliphatic carbocycles. The van der Waals surface area contributed by atoms with Crippen LogP contribution in [0.25, 0.3) is 0 Å². The van der Waals surface area contributed by atoms with Crippen LogP contribution < -0.4 is 10.6 Å². The second-order valence-electron chi connectivity index (χ2n) is 3.84. The van der Waals surface area contributed by atoms with E-state index in [-0.39, 0.29) is 16.4 Å². The van der Waals surface area contributed by atoms with Crippen LogP contribution >= 0.6 is 11.6 Å². The Hall–Kier alpha value is -2.61. The topological polar surface area (TPSA) is 102 Å². The number of benzene rings is 1. The lowest BCUT2D eigenvalue weighted by Gasteiger charge is -2.08. The van der Waals surface area contributed by atoms with E-state index >= 15 is 0 Å². The SMILES string of the molecule is Cn1nccc1NC(=O)Nc1cc([N+](=O)[O-])ccc1Cl. The van der Waals surface area contributed by atoms with Crippen molar-refractivity contribution in [1.82, 2.24) is 9.78 Å². The molecule has 0 saturated heterocycles. The van der Waals surface area contributed by atoms with Crippen molar-refractivity contribution in [2.24, 2.45) is 7.05 Å². The molecular weight excluding hydrogens is 286 g/mol. The summed E-state index contributed by atoms with van der Waals surface area (Å²) in [6.07, 6.45) is 1.52. The molecule has 1 aromatic heterocycles. The van der Waals surface area contributed by atoms with Crippen LogP contribution in [0.2, 0.25) is 5.02 Å². The minimum absolute atomic E-state index is 0.153. The molecular formula is C11H10ClN5O3. The Morgan fingerprint density at radius 2 is 2.15 bits per heavy atom. The lowest BCUT2D eigenvalue weighted by Crippen LogP contribution is -2.21. The average molecular weight is 296 g/mol. The van der Waals surface area contributed by atoms with Crippen LogP contribution in [0, 0.1) is 10.1 Å². The molecule has 1 aromatic carbocycles. The van der Waals surface area contributed by atoms with Crippen molar-refractivity contribution in [2.45, 2.75) is 0 Å². The first-order valence-electron chi connectivity index (χ1n) is 5.47. The van der Waals surface area contributed by atoms with Crippen LogP contribution in [-0.2, 0) is 7.05 Å². The molecule has 0 saturated carbocycles. The number of hydrogen-bond acceptors (Lipinski definition) is 4. The van der Waals surface area contributed by atoms with Gasteiger partial charge in [-0.25, -0.2) is 4.79 Å². The molecule has 104 valence electrons. The fourth-order valence-corrected chi connectivity index (χ4v) is 1.65. The minimum atomic E-state index is -0.573. The van der Waals surface area contributed by atoms with Crippen molar-refractivity contribution >= 4 is 34.8 Å². The minimum Gasteiger partial charge on any atom is -0.306 e. The number of halogens is 1. The van der Waals surface area contributed by atoms with Crippen molar-refractivity contribution in [3.63, 3.8) is 0 Å². The summed E-state index contributed by atoms with van der Waals surface area (Å²) in [5.74, 6) is 0.476. The maximum atomic E-state index is 11.8. The average Bonchev–Trinajstić information content (AvgIpc) is 2.77. The van der Waals surface area contributed by atoms with Gasteiger partial charge in [0.25, 0.3) is 5.69 Å². The van der Waals surface area contributed by atoms with Crippen LogP contribution in [0.5, 0.6) is 0 Å². The predicted molar refractivity (Wildman–Crippen MR) is 74.0 cm³/mol. The standard InChI is InChI=1S/C11H10ClN5O3/c1-16-10(4-5-13-16)15-11(18)14-9-6-7(17(19)20)2-3-8(9)12/h2-6H,1H3,(H2,14,15,18). The maximum absolute atomic E-state index is 11.8. The van der Waals surface area contributed by atoms with Gasteiger partial charge in [-0.15, -0.1) is 0 Å². The first kappa shape index (κ1) is 13.8. The number of aryl methyl sites for hydroxylation is 1. The zero-order chi connectivity index (χ0) is 14.7. The number of carbonyl (C=O) groups excluding carboxylic acids is 1. The van der Waals surface area contributed by atoms with Crippen molar-refractivity contribution in [1.29, 1.82) is 0 Å². The number of nitrogens with zero attached hydrogens (tertiary/aromatic N) is 3. The van der Waals surface area contributed by atoms with Gasteiger partial charge < -0.3 is 5.32 Å². The van der Waals surface area contributed by atoms with Gasteiger partial charge >= 0.3 is 6.03 Å². The summed E-state index contributed by atoms with van der Waals surface area (Å²) in [5, 5.41) is 19.7. The number of amides is 2. The van der Waals surface area contributed by atoms with Gasteiger partial charge in [0.05, 0.1) is 21.8 Å². The number of rotatable bonds is 3. The molecule has 9 heteroatoms. The maximum Gasteiger partial charge on any atom is 0.324 e. The van der Waals surface area contributed by atoms with Crippen molar-refractivity contribution < 1.29 is 9.72 Å². The highest BCUT2D eigenvalue weighted by Crippen LogP contribution is 2.26. The van der Waals surface area contributed by atoms with E-state index in [0.717, 1.165) is 0 Å². The van der Waals surface area contributed by atoms with E-state index < -0.39 is 11.0 Å². The van der Waals surface area contributed by atoms with E-state index in [1.54, 1.807) is 13.1 Å². The molecule has 0 radical (unpaired) electrons. The summed E-state index contributed by atoms with van der Waals surface area (Å²) in [5.41, 5.74) is -0.00855. The van der Waals surface area contributed by atoms with Crippen molar-refractivity contribution in [3.8, 4) is 0 Å². The molecule has 2 amide bonds. The Morgan fingerprint density at radius 3 is 2.75 bits per heavy atom. The number of urea groups is 1. The van der Waals surface area contributed by atoms with Crippen LogP contribution in [0.15, 0.2) is 30.5 Å². The Labute approximate surface area is 118 Å². The van der Waals surface area contributed by atoms with Gasteiger partial charge in [0.15, 0.2) is 0 Å². The second-order valence-corrected chi connectivity index (χ2v) is 4.25. The van der Waals surface area contributed by atoms with Crippen LogP contribution in [0.1, 0.15) is 0 Å². The molecule has 0 spiro atoms. The molecule has 2 aromatic rings. The number of nitro benzene ring substituents is 1. The largest absolute Gasteiger partial charge is 0.324 e. The van der Waals surface area contributed by atoms with Crippen molar-refractivity contribution in [2.75, 3.05) is 10.6 Å². The second kappa shape index (κ2) is 5.57. The van der Waals surface area contributed by atoms with Gasteiger partial charge in [0, 0.05) is 25.2 Å². The number of hydrogen-bond donors (Lipinski definition) is 2. The number of nitro groups is 1. The number of aromatic nitrogens is 2. The summed E-state index contributed by atoms with van der Waals surface area (Å²) in [4.78, 5) is 21.9. The number of anilines is 2. The van der Waals surface area contributed by atoms with Gasteiger partial charge in [-0.1, -0.05) is 11.6 Å². The molecule has 0 aliphatic heterocycles. The highest BCUT2D eigenvalue weighted by Gasteiger charge is 2.12. The van der Waals surface area contributed by atoms with Crippen LogP contribution in [-0.4, -0.2) is 20.7 Å². The molecule has 2 N–H and O–H groups in total. The highest BCUT2D eigenvalue weighted by molar-refractivity contribution is 6.33. The van der Waals surface area contributed by atoms with Gasteiger partial charge in [0.2, 0.25) is 0 Å². The molecule has 0 bridgehead atoms. The fraction of sp³-hybridized carbons (Fsp3) is 0.0909. The van der Waals surface area contributed by atoms with Crippen LogP contribution in [0.3, 0.4) is 0 Å². The molecule has 20 heavy (non-hydrogen) atoms. The quantitative estimate of drug-likeness (QED) is 0.671. The molecule has 0 fully saturated rings. The van der Waals surface area contributed by atoms with E-state index in [1.165, 1.54) is 29.1 Å². The number of non-ortho nitro benzene ring substituents is 1. The molecule has 0 unspecified atom stereocenters. The third kappa shape index (κ3) is 3.04. The molecule has 0 aliphatic rings. The summed E-state index contributed by atoms with van der Waals surface area (Å²) in [7, 11) is 1.66. The Balaban J connectivity index is 2.13. The third-order valence-electron chi connectivity index (χ3n) is 2.47. The van der Waals surface area contributed by atoms with E-state index in [0.29, 0.717) is 5.82 Å². The van der Waals surface area contributed by atoms with E-state index in [9.17, 15) is 14.9 Å². The molecule has 8 nitrogen and oxygen atoms in total. The summed E-state index contributed by atoms with van der Waals surface area (Å²) in [6.45, 7) is 0. The van der Waals surface area contributed by atoms with E-state index in [2.05, 4.69) is 15.7 Å². The highest BCUT2D eigenvalue weighted by atomic mass is 35.5. The number of carbonyl (C=O) groups is 1. The van der Waals surface area contributed by atoms with Gasteiger partial charge in [-0.2, -0.15) is 5.10 Å². The first-order valence-corrected chi connectivity index (χ1v) is 5.85. The van der Waals surface area contributed by atoms with Gasteiger partial charge in [0.1, 0.15) is 5.82 Å². The molecule has 0 atom stereocenters.